The molecule has 0 aliphatic heterocycles. The first-order valence-electron chi connectivity index (χ1n) is 9.14. The topological polar surface area (TPSA) is 17.1 Å². The molecule has 24 heavy (non-hydrogen) atoms. The summed E-state index contributed by atoms with van der Waals surface area (Å²) >= 11 is 0. The van der Waals surface area contributed by atoms with Crippen LogP contribution < -0.4 is 0 Å². The minimum atomic E-state index is 0.117. The van der Waals surface area contributed by atoms with Gasteiger partial charge in [-0.2, -0.15) is 0 Å². The van der Waals surface area contributed by atoms with Crippen LogP contribution >= 0.6 is 0 Å². The summed E-state index contributed by atoms with van der Waals surface area (Å²) < 4.78 is 0. The first-order chi connectivity index (χ1) is 11.5. The Bertz CT molecular complexity index is 620. The van der Waals surface area contributed by atoms with Gasteiger partial charge in [0.15, 0.2) is 5.78 Å². The van der Waals surface area contributed by atoms with Gasteiger partial charge in [0.25, 0.3) is 0 Å². The van der Waals surface area contributed by atoms with Crippen molar-refractivity contribution in [2.45, 2.75) is 66.2 Å². The standard InChI is InChI=1S/C23H32O/c1-7-17(6)19(9-3)16-20(10-4)23(24)21(11-5)22-15-13-12-14-18(22)8-2/h8,10-11,16H,2,6-7,9,12-15H2,1,3-5H3/b19-16-,20-10+,21-11+. The number of hydrogen-bond acceptors (Lipinski definition) is 1. The summed E-state index contributed by atoms with van der Waals surface area (Å²) in [4.78, 5) is 13.1. The number of carbonyl (C=O) groups is 1. The van der Waals surface area contributed by atoms with Gasteiger partial charge in [-0.25, -0.2) is 0 Å². The largest absolute Gasteiger partial charge is 0.289 e. The van der Waals surface area contributed by atoms with E-state index >= 15 is 0 Å². The van der Waals surface area contributed by atoms with Crippen LogP contribution in [0.3, 0.4) is 0 Å². The molecule has 0 N–H and O–H groups in total. The molecule has 1 nitrogen and oxygen atoms in total. The van der Waals surface area contributed by atoms with Crippen molar-refractivity contribution in [2.24, 2.45) is 0 Å². The minimum Gasteiger partial charge on any atom is -0.289 e. The van der Waals surface area contributed by atoms with Gasteiger partial charge in [-0.05, 0) is 75.2 Å². The third kappa shape index (κ3) is 4.80. The molecule has 0 aromatic rings. The fraction of sp³-hybridized carbons (Fsp3) is 0.435. The van der Waals surface area contributed by atoms with Gasteiger partial charge in [0.05, 0.1) is 0 Å². The molecular formula is C23H32O. The first kappa shape index (κ1) is 20.2. The maximum absolute atomic E-state index is 13.1. The number of allylic oxidation sites excluding steroid dienone is 10. The van der Waals surface area contributed by atoms with Crippen molar-refractivity contribution in [1.82, 2.24) is 0 Å². The first-order valence-corrected chi connectivity index (χ1v) is 9.14. The van der Waals surface area contributed by atoms with Crippen LogP contribution in [-0.2, 0) is 4.79 Å². The van der Waals surface area contributed by atoms with Crippen molar-refractivity contribution in [1.29, 1.82) is 0 Å². The molecule has 0 saturated heterocycles. The second kappa shape index (κ2) is 10.1. The summed E-state index contributed by atoms with van der Waals surface area (Å²) in [5.74, 6) is 0.117. The maximum atomic E-state index is 13.1. The quantitative estimate of drug-likeness (QED) is 0.354. The molecule has 0 unspecified atom stereocenters. The summed E-state index contributed by atoms with van der Waals surface area (Å²) in [5, 5.41) is 0. The lowest BCUT2D eigenvalue weighted by Gasteiger charge is -2.20. The molecule has 1 rings (SSSR count). The second-order valence-corrected chi connectivity index (χ2v) is 6.17. The van der Waals surface area contributed by atoms with Gasteiger partial charge in [-0.15, -0.1) is 0 Å². The van der Waals surface area contributed by atoms with Crippen molar-refractivity contribution in [3.05, 3.63) is 70.9 Å². The minimum absolute atomic E-state index is 0.117. The van der Waals surface area contributed by atoms with Crippen LogP contribution in [0.4, 0.5) is 0 Å². The van der Waals surface area contributed by atoms with E-state index in [-0.39, 0.29) is 5.78 Å². The molecule has 0 amide bonds. The van der Waals surface area contributed by atoms with E-state index in [1.165, 1.54) is 17.6 Å². The highest BCUT2D eigenvalue weighted by atomic mass is 16.1. The summed E-state index contributed by atoms with van der Waals surface area (Å²) in [6.07, 6.45) is 13.9. The molecule has 0 bridgehead atoms. The van der Waals surface area contributed by atoms with E-state index in [0.29, 0.717) is 0 Å². The Hall–Kier alpha value is -1.89. The zero-order valence-electron chi connectivity index (χ0n) is 15.9. The highest BCUT2D eigenvalue weighted by Gasteiger charge is 2.21. The summed E-state index contributed by atoms with van der Waals surface area (Å²) in [7, 11) is 0. The number of hydrogen-bond donors (Lipinski definition) is 0. The van der Waals surface area contributed by atoms with Gasteiger partial charge in [0, 0.05) is 11.1 Å². The highest BCUT2D eigenvalue weighted by molar-refractivity contribution is 6.13. The lowest BCUT2D eigenvalue weighted by molar-refractivity contribution is -0.111. The van der Waals surface area contributed by atoms with E-state index in [0.717, 1.165) is 54.4 Å². The van der Waals surface area contributed by atoms with E-state index in [4.69, 9.17) is 0 Å². The molecule has 0 aromatic carbocycles. The van der Waals surface area contributed by atoms with Gasteiger partial charge < -0.3 is 0 Å². The molecule has 0 saturated carbocycles. The SMILES string of the molecule is C=CC1=C(/C(=C\C)C(=O)C(/C=C(/CC)C(=C)CC)=C/C)CCCC1. The van der Waals surface area contributed by atoms with Gasteiger partial charge in [-0.1, -0.05) is 50.8 Å². The monoisotopic (exact) mass is 324 g/mol. The summed E-state index contributed by atoms with van der Waals surface area (Å²) in [5.41, 5.74) is 6.29. The smallest absolute Gasteiger partial charge is 0.192 e. The molecule has 1 aliphatic rings. The molecular weight excluding hydrogens is 292 g/mol. The second-order valence-electron chi connectivity index (χ2n) is 6.17. The molecule has 0 aromatic heterocycles. The Morgan fingerprint density at radius 2 is 1.75 bits per heavy atom. The normalized spacial score (nSPS) is 17.1. The van der Waals surface area contributed by atoms with Crippen LogP contribution in [0.15, 0.2) is 70.9 Å². The average Bonchev–Trinajstić information content (AvgIpc) is 2.63. The Labute approximate surface area is 148 Å². The molecule has 0 fully saturated rings. The fourth-order valence-electron chi connectivity index (χ4n) is 3.21. The molecule has 0 heterocycles. The Morgan fingerprint density at radius 3 is 2.25 bits per heavy atom. The zero-order chi connectivity index (χ0) is 18.1. The van der Waals surface area contributed by atoms with Crippen molar-refractivity contribution < 1.29 is 4.79 Å². The van der Waals surface area contributed by atoms with Gasteiger partial charge >= 0.3 is 0 Å². The van der Waals surface area contributed by atoms with Crippen molar-refractivity contribution in [3.63, 3.8) is 0 Å². The predicted molar refractivity (Wildman–Crippen MR) is 106 cm³/mol. The maximum Gasteiger partial charge on any atom is 0.192 e. The molecule has 0 atom stereocenters. The molecule has 130 valence electrons. The van der Waals surface area contributed by atoms with E-state index < -0.39 is 0 Å². The molecule has 0 radical (unpaired) electrons. The number of Topliss-reactive ketones (excluding diaryl/α,β-unsaturated/α-hetero) is 1. The van der Waals surface area contributed by atoms with Crippen molar-refractivity contribution >= 4 is 5.78 Å². The van der Waals surface area contributed by atoms with E-state index in [1.54, 1.807) is 0 Å². The van der Waals surface area contributed by atoms with Crippen LogP contribution in [-0.4, -0.2) is 5.78 Å². The van der Waals surface area contributed by atoms with Crippen LogP contribution in [0.1, 0.15) is 66.2 Å². The molecule has 1 aliphatic carbocycles. The number of carbonyl (C=O) groups excluding carboxylic acids is 1. The van der Waals surface area contributed by atoms with Crippen LogP contribution in [0.5, 0.6) is 0 Å². The van der Waals surface area contributed by atoms with Crippen molar-refractivity contribution in [3.8, 4) is 0 Å². The van der Waals surface area contributed by atoms with E-state index in [9.17, 15) is 4.79 Å². The van der Waals surface area contributed by atoms with E-state index in [2.05, 4.69) is 27.0 Å². The fourth-order valence-corrected chi connectivity index (χ4v) is 3.21. The lowest BCUT2D eigenvalue weighted by atomic mass is 9.83. The van der Waals surface area contributed by atoms with Crippen LogP contribution in [0.2, 0.25) is 0 Å². The number of rotatable bonds is 8. The van der Waals surface area contributed by atoms with Crippen molar-refractivity contribution in [2.75, 3.05) is 0 Å². The zero-order valence-corrected chi connectivity index (χ0v) is 15.9. The molecule has 1 heteroatoms. The third-order valence-electron chi connectivity index (χ3n) is 4.78. The van der Waals surface area contributed by atoms with Gasteiger partial charge in [0.1, 0.15) is 0 Å². The van der Waals surface area contributed by atoms with E-state index in [1.807, 2.05) is 38.2 Å². The lowest BCUT2D eigenvalue weighted by Crippen LogP contribution is -2.11. The number of ketones is 1. The Balaban J connectivity index is 3.25. The average molecular weight is 325 g/mol. The third-order valence-corrected chi connectivity index (χ3v) is 4.78. The van der Waals surface area contributed by atoms with Gasteiger partial charge in [-0.3, -0.25) is 4.79 Å². The van der Waals surface area contributed by atoms with Gasteiger partial charge in [0.2, 0.25) is 0 Å². The van der Waals surface area contributed by atoms with Crippen LogP contribution in [0.25, 0.3) is 0 Å². The Kier molecular flexibility index (Phi) is 8.46. The molecule has 0 spiro atoms. The Morgan fingerprint density at radius 1 is 1.08 bits per heavy atom. The highest BCUT2D eigenvalue weighted by Crippen LogP contribution is 2.32. The van der Waals surface area contributed by atoms with Crippen LogP contribution in [0, 0.1) is 0 Å². The predicted octanol–water partition coefficient (Wildman–Crippen LogP) is 6.81. The summed E-state index contributed by atoms with van der Waals surface area (Å²) in [6.45, 7) is 16.2. The summed E-state index contributed by atoms with van der Waals surface area (Å²) in [6, 6.07) is 0.